The standard InChI is InChI=1S/C15H19ClFN3O2S/c1-5-19(4)23(21,22)15-10(2)18-20(11(15)3)9-12-6-7-13(16)8-14(12)17/h6-8H,5,9H2,1-4H3. The Morgan fingerprint density at radius 3 is 2.57 bits per heavy atom. The van der Waals surface area contributed by atoms with Gasteiger partial charge in [0.1, 0.15) is 10.7 Å². The first-order valence-electron chi connectivity index (χ1n) is 7.12. The maximum absolute atomic E-state index is 13.9. The van der Waals surface area contributed by atoms with Crippen molar-refractivity contribution in [3.8, 4) is 0 Å². The number of aryl methyl sites for hydroxylation is 1. The van der Waals surface area contributed by atoms with Crippen molar-refractivity contribution in [3.63, 3.8) is 0 Å². The lowest BCUT2D eigenvalue weighted by Gasteiger charge is -2.15. The van der Waals surface area contributed by atoms with E-state index >= 15 is 0 Å². The number of halogens is 2. The van der Waals surface area contributed by atoms with Gasteiger partial charge in [-0.25, -0.2) is 17.1 Å². The third kappa shape index (κ3) is 3.41. The van der Waals surface area contributed by atoms with Gasteiger partial charge in [-0.3, -0.25) is 4.68 Å². The topological polar surface area (TPSA) is 55.2 Å². The molecule has 0 aliphatic carbocycles. The Hall–Kier alpha value is -1.44. The zero-order valence-corrected chi connectivity index (χ0v) is 15.0. The van der Waals surface area contributed by atoms with Crippen LogP contribution in [-0.4, -0.2) is 36.1 Å². The summed E-state index contributed by atoms with van der Waals surface area (Å²) in [6.07, 6.45) is 0. The molecule has 0 atom stereocenters. The minimum atomic E-state index is -3.60. The second-order valence-corrected chi connectivity index (χ2v) is 7.73. The number of nitrogens with zero attached hydrogens (tertiary/aromatic N) is 3. The molecular weight excluding hydrogens is 341 g/mol. The van der Waals surface area contributed by atoms with Crippen LogP contribution < -0.4 is 0 Å². The van der Waals surface area contributed by atoms with E-state index in [4.69, 9.17) is 11.6 Å². The van der Waals surface area contributed by atoms with Crippen LogP contribution in [0.15, 0.2) is 23.1 Å². The zero-order chi connectivity index (χ0) is 17.4. The van der Waals surface area contributed by atoms with Crippen LogP contribution >= 0.6 is 11.6 Å². The lowest BCUT2D eigenvalue weighted by molar-refractivity contribution is 0.485. The molecule has 1 aromatic heterocycles. The number of benzene rings is 1. The average molecular weight is 360 g/mol. The first kappa shape index (κ1) is 17.9. The minimum Gasteiger partial charge on any atom is -0.264 e. The van der Waals surface area contributed by atoms with Gasteiger partial charge in [-0.05, 0) is 26.0 Å². The van der Waals surface area contributed by atoms with Gasteiger partial charge in [-0.1, -0.05) is 24.6 Å². The Morgan fingerprint density at radius 1 is 1.35 bits per heavy atom. The second-order valence-electron chi connectivity index (χ2n) is 5.31. The Bertz CT molecular complexity index is 833. The van der Waals surface area contributed by atoms with E-state index in [0.717, 1.165) is 0 Å². The number of aromatic nitrogens is 2. The summed E-state index contributed by atoms with van der Waals surface area (Å²) in [5, 5.41) is 4.58. The largest absolute Gasteiger partial charge is 0.264 e. The molecule has 0 N–H and O–H groups in total. The summed E-state index contributed by atoms with van der Waals surface area (Å²) in [6.45, 7) is 5.57. The number of hydrogen-bond acceptors (Lipinski definition) is 3. The molecule has 0 spiro atoms. The van der Waals surface area contributed by atoms with Gasteiger partial charge in [0.25, 0.3) is 0 Å². The third-order valence-electron chi connectivity index (χ3n) is 3.76. The van der Waals surface area contributed by atoms with Crippen LogP contribution in [0.25, 0.3) is 0 Å². The molecule has 23 heavy (non-hydrogen) atoms. The molecule has 0 bridgehead atoms. The minimum absolute atomic E-state index is 0.140. The molecule has 5 nitrogen and oxygen atoms in total. The highest BCUT2D eigenvalue weighted by atomic mass is 35.5. The van der Waals surface area contributed by atoms with Crippen LogP contribution in [-0.2, 0) is 16.6 Å². The molecule has 0 radical (unpaired) electrons. The van der Waals surface area contributed by atoms with Crippen LogP contribution in [0.3, 0.4) is 0 Å². The summed E-state index contributed by atoms with van der Waals surface area (Å²) in [6, 6.07) is 4.39. The molecule has 0 aliphatic rings. The predicted molar refractivity (Wildman–Crippen MR) is 87.7 cm³/mol. The molecule has 126 valence electrons. The predicted octanol–water partition coefficient (Wildman–Crippen LogP) is 2.98. The van der Waals surface area contributed by atoms with Crippen molar-refractivity contribution >= 4 is 21.6 Å². The lowest BCUT2D eigenvalue weighted by Crippen LogP contribution is -2.27. The molecule has 0 fully saturated rings. The van der Waals surface area contributed by atoms with Gasteiger partial charge in [0.15, 0.2) is 0 Å². The molecule has 0 unspecified atom stereocenters. The van der Waals surface area contributed by atoms with E-state index < -0.39 is 15.8 Å². The van der Waals surface area contributed by atoms with E-state index in [1.54, 1.807) is 32.9 Å². The Labute approximate surface area is 140 Å². The number of rotatable bonds is 5. The summed E-state index contributed by atoms with van der Waals surface area (Å²) in [7, 11) is -2.09. The fourth-order valence-corrected chi connectivity index (χ4v) is 4.05. The normalized spacial score (nSPS) is 12.1. The molecule has 8 heteroatoms. The fraction of sp³-hybridized carbons (Fsp3) is 0.400. The van der Waals surface area contributed by atoms with E-state index in [0.29, 0.717) is 28.5 Å². The van der Waals surface area contributed by atoms with E-state index in [-0.39, 0.29) is 11.4 Å². The van der Waals surface area contributed by atoms with Gasteiger partial charge in [-0.15, -0.1) is 0 Å². The van der Waals surface area contributed by atoms with Gasteiger partial charge >= 0.3 is 0 Å². The first-order chi connectivity index (χ1) is 10.7. The highest BCUT2D eigenvalue weighted by Gasteiger charge is 2.28. The Balaban J connectivity index is 2.46. The Morgan fingerprint density at radius 2 is 2.00 bits per heavy atom. The van der Waals surface area contributed by atoms with Crippen LogP contribution in [0.2, 0.25) is 5.02 Å². The van der Waals surface area contributed by atoms with Gasteiger partial charge in [-0.2, -0.15) is 5.10 Å². The molecule has 1 aromatic carbocycles. The SMILES string of the molecule is CCN(C)S(=O)(=O)c1c(C)nn(Cc2ccc(Cl)cc2F)c1C. The molecule has 0 saturated heterocycles. The smallest absolute Gasteiger partial charge is 0.246 e. The maximum Gasteiger partial charge on any atom is 0.246 e. The van der Waals surface area contributed by atoms with Gasteiger partial charge in [0.05, 0.1) is 17.9 Å². The molecule has 0 saturated carbocycles. The van der Waals surface area contributed by atoms with E-state index in [9.17, 15) is 12.8 Å². The van der Waals surface area contributed by atoms with E-state index in [2.05, 4.69) is 5.10 Å². The maximum atomic E-state index is 13.9. The summed E-state index contributed by atoms with van der Waals surface area (Å²) in [5.41, 5.74) is 1.28. The van der Waals surface area contributed by atoms with Crippen molar-refractivity contribution in [1.82, 2.24) is 14.1 Å². The van der Waals surface area contributed by atoms with E-state index in [1.807, 2.05) is 0 Å². The Kier molecular flexibility index (Phi) is 5.13. The molecular formula is C15H19ClFN3O2S. The van der Waals surface area contributed by atoms with Gasteiger partial charge in [0, 0.05) is 24.2 Å². The highest BCUT2D eigenvalue weighted by molar-refractivity contribution is 7.89. The molecule has 1 heterocycles. The third-order valence-corrected chi connectivity index (χ3v) is 6.18. The average Bonchev–Trinajstić information content (AvgIpc) is 2.75. The van der Waals surface area contributed by atoms with Crippen molar-refractivity contribution in [2.24, 2.45) is 0 Å². The van der Waals surface area contributed by atoms with Crippen LogP contribution in [0, 0.1) is 19.7 Å². The fourth-order valence-electron chi connectivity index (χ4n) is 2.34. The summed E-state index contributed by atoms with van der Waals surface area (Å²) in [4.78, 5) is 0.177. The summed E-state index contributed by atoms with van der Waals surface area (Å²) < 4.78 is 41.8. The van der Waals surface area contributed by atoms with Crippen LogP contribution in [0.5, 0.6) is 0 Å². The quantitative estimate of drug-likeness (QED) is 0.824. The van der Waals surface area contributed by atoms with Gasteiger partial charge in [0.2, 0.25) is 10.0 Å². The number of hydrogen-bond donors (Lipinski definition) is 0. The molecule has 0 amide bonds. The monoisotopic (exact) mass is 359 g/mol. The van der Waals surface area contributed by atoms with Gasteiger partial charge < -0.3 is 0 Å². The van der Waals surface area contributed by atoms with Crippen LogP contribution in [0.1, 0.15) is 23.9 Å². The summed E-state index contributed by atoms with van der Waals surface area (Å²) in [5.74, 6) is -0.444. The molecule has 2 rings (SSSR count). The first-order valence-corrected chi connectivity index (χ1v) is 8.94. The lowest BCUT2D eigenvalue weighted by atomic mass is 10.2. The molecule has 2 aromatic rings. The zero-order valence-electron chi connectivity index (χ0n) is 13.5. The second kappa shape index (κ2) is 6.59. The number of sulfonamides is 1. The summed E-state index contributed by atoms with van der Waals surface area (Å²) >= 11 is 5.74. The van der Waals surface area contributed by atoms with Crippen molar-refractivity contribution in [3.05, 3.63) is 46.0 Å². The highest BCUT2D eigenvalue weighted by Crippen LogP contribution is 2.24. The van der Waals surface area contributed by atoms with Crippen molar-refractivity contribution in [1.29, 1.82) is 0 Å². The van der Waals surface area contributed by atoms with Crippen molar-refractivity contribution in [2.45, 2.75) is 32.2 Å². The van der Waals surface area contributed by atoms with Crippen molar-refractivity contribution < 1.29 is 12.8 Å². The van der Waals surface area contributed by atoms with Crippen molar-refractivity contribution in [2.75, 3.05) is 13.6 Å². The molecule has 0 aliphatic heterocycles. The van der Waals surface area contributed by atoms with E-state index in [1.165, 1.54) is 22.1 Å². The van der Waals surface area contributed by atoms with Crippen LogP contribution in [0.4, 0.5) is 4.39 Å².